The van der Waals surface area contributed by atoms with Crippen LogP contribution in [-0.2, 0) is 14.7 Å². The van der Waals surface area contributed by atoms with E-state index in [4.69, 9.17) is 0 Å². The highest BCUT2D eigenvalue weighted by atomic mass is 19.3. The number of hydrogen-bond donors (Lipinski definition) is 0. The van der Waals surface area contributed by atoms with Crippen molar-refractivity contribution in [1.29, 1.82) is 0 Å². The van der Waals surface area contributed by atoms with Gasteiger partial charge in [-0.3, -0.25) is 0 Å². The zero-order chi connectivity index (χ0) is 12.3. The molecule has 1 radical (unpaired) electrons. The monoisotopic (exact) mass is 224 g/mol. The smallest absolute Gasteiger partial charge is 0.378 e. The van der Waals surface area contributed by atoms with Gasteiger partial charge >= 0.3 is 11.9 Å². The molecule has 0 bridgehead atoms. The van der Waals surface area contributed by atoms with E-state index in [1.165, 1.54) is 27.7 Å². The Bertz CT molecular complexity index is 226. The summed E-state index contributed by atoms with van der Waals surface area (Å²) in [5, 5.41) is 11.4. The lowest BCUT2D eigenvalue weighted by Crippen LogP contribution is -2.48. The van der Waals surface area contributed by atoms with E-state index in [-0.39, 0.29) is 11.7 Å². The van der Waals surface area contributed by atoms with Gasteiger partial charge in [-0.1, -0.05) is 0 Å². The molecule has 0 saturated heterocycles. The van der Waals surface area contributed by atoms with Gasteiger partial charge in [0.05, 0.1) is 6.61 Å². The molecule has 15 heavy (non-hydrogen) atoms. The molecule has 0 aromatic heterocycles. The van der Waals surface area contributed by atoms with Crippen LogP contribution in [-0.4, -0.2) is 35.6 Å². The SMILES string of the molecule is CCOC(=O)C(F)(F)CN([O])C(C)(C)C. The third-order valence-electron chi connectivity index (χ3n) is 1.66. The highest BCUT2D eigenvalue weighted by molar-refractivity contribution is 5.77. The van der Waals surface area contributed by atoms with Gasteiger partial charge in [0.2, 0.25) is 0 Å². The Morgan fingerprint density at radius 1 is 1.33 bits per heavy atom. The van der Waals surface area contributed by atoms with Crippen LogP contribution in [0.5, 0.6) is 0 Å². The molecule has 0 saturated carbocycles. The Morgan fingerprint density at radius 3 is 2.13 bits per heavy atom. The minimum atomic E-state index is -3.76. The molecule has 0 N–H and O–H groups in total. The van der Waals surface area contributed by atoms with Crippen molar-refractivity contribution in [3.05, 3.63) is 0 Å². The fourth-order valence-electron chi connectivity index (χ4n) is 0.719. The van der Waals surface area contributed by atoms with Crippen LogP contribution in [0.1, 0.15) is 27.7 Å². The van der Waals surface area contributed by atoms with Gasteiger partial charge in [0, 0.05) is 5.54 Å². The van der Waals surface area contributed by atoms with E-state index in [1.54, 1.807) is 0 Å². The summed E-state index contributed by atoms with van der Waals surface area (Å²) < 4.78 is 30.3. The quantitative estimate of drug-likeness (QED) is 0.538. The lowest BCUT2D eigenvalue weighted by molar-refractivity contribution is -0.248. The molecule has 0 heterocycles. The molecule has 0 aliphatic carbocycles. The molecule has 0 aromatic carbocycles. The van der Waals surface area contributed by atoms with Gasteiger partial charge in [0.25, 0.3) is 0 Å². The number of esters is 1. The number of nitrogens with zero attached hydrogens (tertiary/aromatic N) is 1. The molecular weight excluding hydrogens is 208 g/mol. The first-order valence-corrected chi connectivity index (χ1v) is 4.61. The van der Waals surface area contributed by atoms with E-state index in [0.29, 0.717) is 0 Å². The predicted molar refractivity (Wildman–Crippen MR) is 48.7 cm³/mol. The molecule has 4 nitrogen and oxygen atoms in total. The lowest BCUT2D eigenvalue weighted by atomic mass is 10.1. The minimum absolute atomic E-state index is 0.136. The second kappa shape index (κ2) is 4.85. The maximum Gasteiger partial charge on any atom is 0.378 e. The summed E-state index contributed by atoms with van der Waals surface area (Å²) in [6, 6.07) is 0. The number of carbonyl (C=O) groups is 1. The summed E-state index contributed by atoms with van der Waals surface area (Å²) in [4.78, 5) is 10.8. The number of ether oxygens (including phenoxy) is 1. The fraction of sp³-hybridized carbons (Fsp3) is 0.889. The molecule has 0 rings (SSSR count). The van der Waals surface area contributed by atoms with Crippen LogP contribution in [0.4, 0.5) is 8.78 Å². The van der Waals surface area contributed by atoms with Gasteiger partial charge in [-0.2, -0.15) is 8.78 Å². The Balaban J connectivity index is 4.43. The van der Waals surface area contributed by atoms with Crippen molar-refractivity contribution < 1.29 is 23.5 Å². The highest BCUT2D eigenvalue weighted by Gasteiger charge is 2.44. The molecule has 0 fully saturated rings. The first kappa shape index (κ1) is 14.2. The zero-order valence-electron chi connectivity index (χ0n) is 9.34. The second-order valence-corrected chi connectivity index (χ2v) is 4.13. The molecule has 0 atom stereocenters. The van der Waals surface area contributed by atoms with Crippen molar-refractivity contribution in [2.24, 2.45) is 0 Å². The van der Waals surface area contributed by atoms with Gasteiger partial charge in [0.1, 0.15) is 6.54 Å². The van der Waals surface area contributed by atoms with Crippen LogP contribution in [0.15, 0.2) is 0 Å². The number of hydrogen-bond acceptors (Lipinski definition) is 3. The van der Waals surface area contributed by atoms with Crippen LogP contribution < -0.4 is 0 Å². The van der Waals surface area contributed by atoms with Gasteiger partial charge in [-0.15, -0.1) is 10.3 Å². The van der Waals surface area contributed by atoms with Crippen LogP contribution in [0, 0.1) is 0 Å². The summed E-state index contributed by atoms with van der Waals surface area (Å²) in [5.74, 6) is -5.42. The third kappa shape index (κ3) is 4.53. The maximum absolute atomic E-state index is 13.1. The van der Waals surface area contributed by atoms with Crippen LogP contribution >= 0.6 is 0 Å². The first-order chi connectivity index (χ1) is 6.61. The topological polar surface area (TPSA) is 49.4 Å². The van der Waals surface area contributed by atoms with Gasteiger partial charge < -0.3 is 4.74 Å². The lowest BCUT2D eigenvalue weighted by Gasteiger charge is -2.29. The maximum atomic E-state index is 13.1. The number of rotatable bonds is 4. The Hall–Kier alpha value is -0.750. The number of halogens is 2. The molecule has 0 unspecified atom stereocenters. The molecule has 0 aliphatic heterocycles. The summed E-state index contributed by atoms with van der Waals surface area (Å²) in [6.07, 6.45) is 0. The molecular formula is C9H16F2NO3. The van der Waals surface area contributed by atoms with E-state index in [1.807, 2.05) is 0 Å². The van der Waals surface area contributed by atoms with Crippen molar-refractivity contribution >= 4 is 5.97 Å². The second-order valence-electron chi connectivity index (χ2n) is 4.13. The van der Waals surface area contributed by atoms with Crippen LogP contribution in [0.3, 0.4) is 0 Å². The van der Waals surface area contributed by atoms with Crippen LogP contribution in [0.25, 0.3) is 0 Å². The number of carbonyl (C=O) groups excluding carboxylic acids is 1. The molecule has 0 aromatic rings. The number of alkyl halides is 2. The van der Waals surface area contributed by atoms with Crippen molar-refractivity contribution in [3.8, 4) is 0 Å². The summed E-state index contributed by atoms with van der Waals surface area (Å²) >= 11 is 0. The average Bonchev–Trinajstić information content (AvgIpc) is 2.02. The molecule has 0 aliphatic rings. The first-order valence-electron chi connectivity index (χ1n) is 4.61. The van der Waals surface area contributed by atoms with Crippen molar-refractivity contribution in [2.45, 2.75) is 39.2 Å². The standard InChI is InChI=1S/C9H16F2NO3/c1-5-15-7(13)9(10,11)6-12(14)8(2,3)4/h5-6H2,1-4H3. The van der Waals surface area contributed by atoms with E-state index < -0.39 is 24.0 Å². The minimum Gasteiger partial charge on any atom is -0.462 e. The Morgan fingerprint density at radius 2 is 1.80 bits per heavy atom. The van der Waals surface area contributed by atoms with E-state index in [0.717, 1.165) is 0 Å². The van der Waals surface area contributed by atoms with Crippen LogP contribution in [0.2, 0.25) is 0 Å². The zero-order valence-corrected chi connectivity index (χ0v) is 9.34. The van der Waals surface area contributed by atoms with Gasteiger partial charge in [0.15, 0.2) is 0 Å². The molecule has 89 valence electrons. The van der Waals surface area contributed by atoms with E-state index >= 15 is 0 Å². The molecule has 0 amide bonds. The molecule has 0 spiro atoms. The van der Waals surface area contributed by atoms with Gasteiger partial charge in [-0.25, -0.2) is 4.79 Å². The van der Waals surface area contributed by atoms with Crippen molar-refractivity contribution in [3.63, 3.8) is 0 Å². The largest absolute Gasteiger partial charge is 0.462 e. The molecule has 6 heteroatoms. The van der Waals surface area contributed by atoms with Crippen molar-refractivity contribution in [2.75, 3.05) is 13.2 Å². The van der Waals surface area contributed by atoms with Gasteiger partial charge in [-0.05, 0) is 27.7 Å². The predicted octanol–water partition coefficient (Wildman–Crippen LogP) is 1.63. The Labute approximate surface area is 87.8 Å². The van der Waals surface area contributed by atoms with E-state index in [9.17, 15) is 18.8 Å². The van der Waals surface area contributed by atoms with Crippen molar-refractivity contribution in [1.82, 2.24) is 5.06 Å². The summed E-state index contributed by atoms with van der Waals surface area (Å²) in [5.41, 5.74) is -0.962. The Kier molecular flexibility index (Phi) is 4.61. The normalized spacial score (nSPS) is 13.1. The number of hydroxylamine groups is 2. The summed E-state index contributed by atoms with van der Waals surface area (Å²) in [6.45, 7) is 4.56. The summed E-state index contributed by atoms with van der Waals surface area (Å²) in [7, 11) is 0. The van der Waals surface area contributed by atoms with E-state index in [2.05, 4.69) is 4.74 Å². The average molecular weight is 224 g/mol. The third-order valence-corrected chi connectivity index (χ3v) is 1.66. The fourth-order valence-corrected chi connectivity index (χ4v) is 0.719. The highest BCUT2D eigenvalue weighted by Crippen LogP contribution is 2.21.